The summed E-state index contributed by atoms with van der Waals surface area (Å²) in [5, 5.41) is 3.01. The van der Waals surface area contributed by atoms with E-state index >= 15 is 0 Å². The van der Waals surface area contributed by atoms with E-state index in [0.717, 1.165) is 6.42 Å². The zero-order chi connectivity index (χ0) is 12.0. The van der Waals surface area contributed by atoms with Crippen LogP contribution in [0.5, 0.6) is 0 Å². The Labute approximate surface area is 94.2 Å². The second-order valence-corrected chi connectivity index (χ2v) is 3.14. The average Bonchev–Trinajstić information content (AvgIpc) is 2.26. The van der Waals surface area contributed by atoms with Gasteiger partial charge in [0.25, 0.3) is 0 Å². The highest BCUT2D eigenvalue weighted by molar-refractivity contribution is 5.94. The van der Waals surface area contributed by atoms with Crippen molar-refractivity contribution in [2.75, 3.05) is 24.2 Å². The fraction of sp³-hybridized carbons (Fsp3) is 0.500. The fourth-order valence-electron chi connectivity index (χ4n) is 1.13. The molecule has 1 rings (SSSR count). The number of rotatable bonds is 5. The number of nitrogen functional groups attached to an aromatic ring is 1. The third-order valence-electron chi connectivity index (χ3n) is 1.85. The smallest absolute Gasteiger partial charge is 0.343 e. The lowest BCUT2D eigenvalue weighted by molar-refractivity contribution is 0.0526. The fourth-order valence-corrected chi connectivity index (χ4v) is 1.13. The van der Waals surface area contributed by atoms with Gasteiger partial charge in [-0.15, -0.1) is 0 Å². The molecule has 6 nitrogen and oxygen atoms in total. The number of anilines is 2. The van der Waals surface area contributed by atoms with Crippen molar-refractivity contribution in [3.8, 4) is 0 Å². The molecule has 0 saturated heterocycles. The van der Waals surface area contributed by atoms with Gasteiger partial charge < -0.3 is 15.8 Å². The Kier molecular flexibility index (Phi) is 4.50. The molecule has 88 valence electrons. The van der Waals surface area contributed by atoms with Crippen molar-refractivity contribution in [2.45, 2.75) is 20.3 Å². The van der Waals surface area contributed by atoms with E-state index in [1.807, 2.05) is 6.92 Å². The molecule has 3 N–H and O–H groups in total. The first-order chi connectivity index (χ1) is 7.69. The number of carbonyl (C=O) groups excluding carboxylic acids is 1. The van der Waals surface area contributed by atoms with Crippen molar-refractivity contribution in [3.63, 3.8) is 0 Å². The summed E-state index contributed by atoms with van der Waals surface area (Å²) < 4.78 is 4.89. The Balaban J connectivity index is 2.92. The van der Waals surface area contributed by atoms with Crippen LogP contribution in [-0.2, 0) is 4.74 Å². The molecule has 0 aliphatic rings. The van der Waals surface area contributed by atoms with Crippen molar-refractivity contribution < 1.29 is 9.53 Å². The summed E-state index contributed by atoms with van der Waals surface area (Å²) >= 11 is 0. The molecule has 0 spiro atoms. The molecule has 1 aromatic heterocycles. The zero-order valence-electron chi connectivity index (χ0n) is 9.49. The lowest BCUT2D eigenvalue weighted by Crippen LogP contribution is -2.13. The number of esters is 1. The molecule has 0 saturated carbocycles. The molecular formula is C10H16N4O2. The quantitative estimate of drug-likeness (QED) is 0.727. The largest absolute Gasteiger partial charge is 0.462 e. The molecule has 0 radical (unpaired) electrons. The number of nitrogens with one attached hydrogen (secondary N) is 1. The van der Waals surface area contributed by atoms with Crippen LogP contribution in [0.4, 0.5) is 11.8 Å². The molecule has 1 heterocycles. The van der Waals surface area contributed by atoms with Crippen LogP contribution < -0.4 is 11.1 Å². The Morgan fingerprint density at radius 2 is 2.31 bits per heavy atom. The molecule has 0 aromatic carbocycles. The van der Waals surface area contributed by atoms with Gasteiger partial charge in [0.2, 0.25) is 5.95 Å². The highest BCUT2D eigenvalue weighted by atomic mass is 16.5. The zero-order valence-corrected chi connectivity index (χ0v) is 9.49. The highest BCUT2D eigenvalue weighted by Crippen LogP contribution is 2.13. The molecule has 6 heteroatoms. The normalized spacial score (nSPS) is 9.88. The summed E-state index contributed by atoms with van der Waals surface area (Å²) in [4.78, 5) is 19.3. The third kappa shape index (κ3) is 3.08. The van der Waals surface area contributed by atoms with E-state index in [-0.39, 0.29) is 5.95 Å². The van der Waals surface area contributed by atoms with Crippen LogP contribution in [0.1, 0.15) is 30.6 Å². The van der Waals surface area contributed by atoms with Gasteiger partial charge in [-0.2, -0.15) is 4.98 Å². The summed E-state index contributed by atoms with van der Waals surface area (Å²) in [5.74, 6) is 0.112. The van der Waals surface area contributed by atoms with Crippen molar-refractivity contribution in [1.29, 1.82) is 0 Å². The number of nitrogens with zero attached hydrogens (tertiary/aromatic N) is 2. The number of nitrogens with two attached hydrogens (primary N) is 1. The Bertz CT molecular complexity index is 368. The maximum Gasteiger partial charge on any atom is 0.343 e. The summed E-state index contributed by atoms with van der Waals surface area (Å²) in [5.41, 5.74) is 5.77. The maximum atomic E-state index is 11.6. The maximum absolute atomic E-state index is 11.6. The highest BCUT2D eigenvalue weighted by Gasteiger charge is 2.14. The number of carbonyl (C=O) groups is 1. The number of ether oxygens (including phenoxy) is 1. The lowest BCUT2D eigenvalue weighted by Gasteiger charge is -2.09. The Hall–Kier alpha value is -1.85. The van der Waals surface area contributed by atoms with Gasteiger partial charge in [-0.1, -0.05) is 6.92 Å². The summed E-state index contributed by atoms with van der Waals surface area (Å²) in [6.45, 7) is 4.79. The number of hydrogen-bond donors (Lipinski definition) is 2. The predicted molar refractivity (Wildman–Crippen MR) is 61.2 cm³/mol. The van der Waals surface area contributed by atoms with E-state index in [4.69, 9.17) is 10.5 Å². The SMILES string of the molecule is CCCNc1nc(N)ncc1C(=O)OCC. The second-order valence-electron chi connectivity index (χ2n) is 3.14. The summed E-state index contributed by atoms with van der Waals surface area (Å²) in [7, 11) is 0. The molecular weight excluding hydrogens is 208 g/mol. The van der Waals surface area contributed by atoms with Crippen LogP contribution in [0.2, 0.25) is 0 Å². The van der Waals surface area contributed by atoms with Gasteiger partial charge in [-0.05, 0) is 13.3 Å². The molecule has 0 amide bonds. The molecule has 1 aromatic rings. The van der Waals surface area contributed by atoms with E-state index in [2.05, 4.69) is 15.3 Å². The van der Waals surface area contributed by atoms with Gasteiger partial charge in [-0.3, -0.25) is 0 Å². The van der Waals surface area contributed by atoms with Crippen LogP contribution in [-0.4, -0.2) is 29.1 Å². The van der Waals surface area contributed by atoms with E-state index in [9.17, 15) is 4.79 Å². The second kappa shape index (κ2) is 5.89. The standard InChI is InChI=1S/C10H16N4O2/c1-3-5-12-8-7(9(15)16-4-2)6-13-10(11)14-8/h6H,3-5H2,1-2H3,(H3,11,12,13,14). The first-order valence-corrected chi connectivity index (χ1v) is 5.22. The topological polar surface area (TPSA) is 90.1 Å². The van der Waals surface area contributed by atoms with Gasteiger partial charge in [-0.25, -0.2) is 9.78 Å². The molecule has 0 unspecified atom stereocenters. The van der Waals surface area contributed by atoms with Crippen LogP contribution >= 0.6 is 0 Å². The minimum atomic E-state index is -0.443. The van der Waals surface area contributed by atoms with Crippen molar-refractivity contribution in [1.82, 2.24) is 9.97 Å². The average molecular weight is 224 g/mol. The van der Waals surface area contributed by atoms with Crippen molar-refractivity contribution in [2.24, 2.45) is 0 Å². The van der Waals surface area contributed by atoms with Crippen LogP contribution in [0.3, 0.4) is 0 Å². The molecule has 0 atom stereocenters. The third-order valence-corrected chi connectivity index (χ3v) is 1.85. The monoisotopic (exact) mass is 224 g/mol. The van der Waals surface area contributed by atoms with Crippen molar-refractivity contribution in [3.05, 3.63) is 11.8 Å². The van der Waals surface area contributed by atoms with E-state index in [1.54, 1.807) is 6.92 Å². The minimum absolute atomic E-state index is 0.131. The summed E-state index contributed by atoms with van der Waals surface area (Å²) in [6.07, 6.45) is 2.30. The first-order valence-electron chi connectivity index (χ1n) is 5.22. The van der Waals surface area contributed by atoms with Crippen molar-refractivity contribution >= 4 is 17.7 Å². The predicted octanol–water partition coefficient (Wildman–Crippen LogP) is 1.06. The molecule has 16 heavy (non-hydrogen) atoms. The van der Waals surface area contributed by atoms with E-state index in [1.165, 1.54) is 6.20 Å². The van der Waals surface area contributed by atoms with Gasteiger partial charge in [0.05, 0.1) is 6.61 Å². The summed E-state index contributed by atoms with van der Waals surface area (Å²) in [6, 6.07) is 0. The number of aromatic nitrogens is 2. The Morgan fingerprint density at radius 3 is 2.94 bits per heavy atom. The molecule has 0 fully saturated rings. The van der Waals surface area contributed by atoms with Gasteiger partial charge in [0.1, 0.15) is 11.4 Å². The first kappa shape index (κ1) is 12.2. The van der Waals surface area contributed by atoms with E-state index < -0.39 is 5.97 Å². The number of hydrogen-bond acceptors (Lipinski definition) is 6. The molecule has 0 bridgehead atoms. The molecule has 0 aliphatic heterocycles. The van der Waals surface area contributed by atoms with Gasteiger partial charge in [0.15, 0.2) is 0 Å². The Morgan fingerprint density at radius 1 is 1.56 bits per heavy atom. The van der Waals surface area contributed by atoms with Gasteiger partial charge in [0, 0.05) is 12.7 Å². The van der Waals surface area contributed by atoms with E-state index in [0.29, 0.717) is 24.5 Å². The minimum Gasteiger partial charge on any atom is -0.462 e. The van der Waals surface area contributed by atoms with Crippen LogP contribution in [0.25, 0.3) is 0 Å². The van der Waals surface area contributed by atoms with Gasteiger partial charge >= 0.3 is 5.97 Å². The molecule has 0 aliphatic carbocycles. The lowest BCUT2D eigenvalue weighted by atomic mass is 10.3. The van der Waals surface area contributed by atoms with Crippen LogP contribution in [0.15, 0.2) is 6.20 Å². The van der Waals surface area contributed by atoms with Crippen LogP contribution in [0, 0.1) is 0 Å².